The van der Waals surface area contributed by atoms with Gasteiger partial charge in [-0.15, -0.1) is 0 Å². The van der Waals surface area contributed by atoms with Gasteiger partial charge in [-0.25, -0.2) is 4.79 Å². The van der Waals surface area contributed by atoms with Crippen LogP contribution in [-0.4, -0.2) is 134 Å². The number of hydroxylamine groups is 4. The number of hydrogen-bond acceptors (Lipinski definition) is 16. The molecule has 4 heterocycles. The molecule has 0 unspecified atom stereocenters. The summed E-state index contributed by atoms with van der Waals surface area (Å²) < 4.78 is 24.0. The molecule has 4 aromatic carbocycles. The van der Waals surface area contributed by atoms with E-state index in [1.807, 2.05) is 38.1 Å². The largest absolute Gasteiger partial charge is 0.478 e. The average molecular weight is 1110 g/mol. The first-order valence-electron chi connectivity index (χ1n) is 26.1. The average Bonchev–Trinajstić information content (AvgIpc) is 4.13. The Hall–Kier alpha value is -6.25. The minimum Gasteiger partial charge on any atom is -0.478 e. The lowest BCUT2D eigenvalue weighted by Gasteiger charge is -2.37. The van der Waals surface area contributed by atoms with Gasteiger partial charge >= 0.3 is 17.9 Å². The number of carbonyl (C=O) groups excluding carboxylic acids is 3. The molecule has 0 bridgehead atoms. The molecule has 1 amide bonds. The Balaban J connectivity index is 0.000000226. The number of carboxylic acids is 1. The molecule has 0 spiro atoms. The van der Waals surface area contributed by atoms with Crippen LogP contribution in [0.2, 0.25) is 36.3 Å². The van der Waals surface area contributed by atoms with Crippen molar-refractivity contribution in [3.05, 3.63) is 127 Å². The van der Waals surface area contributed by atoms with Gasteiger partial charge in [-0.2, -0.15) is 10.1 Å². The minimum atomic E-state index is -2.04. The second-order valence-electron chi connectivity index (χ2n) is 23.8. The fourth-order valence-electron chi connectivity index (χ4n) is 9.72. The molecule has 4 saturated heterocycles. The molecule has 1 N–H and O–H groups in total. The highest BCUT2D eigenvalue weighted by Crippen LogP contribution is 2.44. The van der Waals surface area contributed by atoms with E-state index in [0.717, 1.165) is 17.2 Å². The summed E-state index contributed by atoms with van der Waals surface area (Å²) in [6, 6.07) is 21.7. The van der Waals surface area contributed by atoms with Crippen LogP contribution in [0.25, 0.3) is 22.3 Å². The van der Waals surface area contributed by atoms with Crippen LogP contribution in [0.4, 0.5) is 11.4 Å². The number of aromatic carboxylic acids is 1. The van der Waals surface area contributed by atoms with E-state index in [4.69, 9.17) is 28.0 Å². The number of benzene rings is 4. The van der Waals surface area contributed by atoms with Crippen LogP contribution in [0, 0.1) is 32.1 Å². The van der Waals surface area contributed by atoms with Gasteiger partial charge in [0, 0.05) is 31.8 Å². The van der Waals surface area contributed by atoms with Crippen LogP contribution >= 0.6 is 0 Å². The Kier molecular flexibility index (Phi) is 17.4. The molecule has 420 valence electrons. The molecule has 22 heteroatoms. The molecule has 0 radical (unpaired) electrons. The summed E-state index contributed by atoms with van der Waals surface area (Å²) in [5.41, 5.74) is 3.11. The maximum absolute atomic E-state index is 12.8. The third-order valence-electron chi connectivity index (χ3n) is 16.2. The Labute approximate surface area is 457 Å². The van der Waals surface area contributed by atoms with E-state index in [0.29, 0.717) is 42.0 Å². The van der Waals surface area contributed by atoms with Gasteiger partial charge in [0.2, 0.25) is 0 Å². The second-order valence-corrected chi connectivity index (χ2v) is 33.4. The number of hydrogen-bond donors (Lipinski definition) is 1. The molecule has 20 nitrogen and oxygen atoms in total. The highest BCUT2D eigenvalue weighted by Gasteiger charge is 2.58. The number of carboxylic acid groups (broad SMARTS) is 1. The quantitative estimate of drug-likeness (QED) is 0.0475. The molecular weight excluding hydrogens is 1040 g/mol. The SMILES string of the molecule is C[C@@H]1OC(=O)[C@@H]2[C@H]1[C@H](CO[Si](C)(C)C(C)(C)C)ON2Cc1cccc(-c2ccc(C(=O)N(C)C)cc2[N+](=O)[O-])c1.C[C@@H]1OC(=O)[C@@H]2[C@H]1[C@H](CO[Si](C)(C)C(C)(C)C)ON2Cc1cccc(-c2ccc(C(=O)O)cc2[N+](=O)[O-])c1. The van der Waals surface area contributed by atoms with Crippen molar-refractivity contribution < 1.29 is 62.1 Å². The first-order chi connectivity index (χ1) is 36.3. The van der Waals surface area contributed by atoms with Crippen molar-refractivity contribution in [2.75, 3.05) is 27.3 Å². The predicted octanol–water partition coefficient (Wildman–Crippen LogP) is 10.1. The van der Waals surface area contributed by atoms with Gasteiger partial charge in [0.05, 0.1) is 64.7 Å². The van der Waals surface area contributed by atoms with Crippen molar-refractivity contribution in [2.24, 2.45) is 11.8 Å². The molecule has 4 aliphatic rings. The zero-order valence-electron chi connectivity index (χ0n) is 46.9. The fourth-order valence-corrected chi connectivity index (χ4v) is 11.7. The van der Waals surface area contributed by atoms with E-state index < -0.39 is 44.5 Å². The number of rotatable bonds is 16. The standard InChI is InChI=1S/C29H39N3O7Si.C27H34N2O8Si/c1-18-25-24(17-37-40(7,8)29(2,3)4)39-31(26(25)28(34)38-18)16-19-10-9-11-20(14-19)22-13-12-21(27(33)30(5)6)15-23(22)32(35)36;1-16-23-22(15-35-38(5,6)27(2,3)4)37-28(24(23)26(32)36-16)14-17-8-7-9-18(12-17)20-11-10-19(25(30)31)13-21(20)29(33)34/h9-15,18,24-26H,16-17H2,1-8H3;7-13,16,22-24H,14-15H2,1-6H3,(H,30,31)/t18-,24-,25+,26-;16-,22-,23+,24-/m00/s1. The number of nitro groups is 2. The topological polar surface area (TPSA) is 240 Å². The Bertz CT molecular complexity index is 2960. The van der Waals surface area contributed by atoms with Gasteiger partial charge in [-0.05, 0) is 109 Å². The Morgan fingerprint density at radius 1 is 0.641 bits per heavy atom. The molecule has 8 atom stereocenters. The van der Waals surface area contributed by atoms with Crippen molar-refractivity contribution in [3.8, 4) is 22.3 Å². The highest BCUT2D eigenvalue weighted by molar-refractivity contribution is 6.74. The molecule has 4 aliphatic heterocycles. The lowest BCUT2D eigenvalue weighted by Crippen LogP contribution is -2.44. The van der Waals surface area contributed by atoms with Gasteiger partial charge < -0.3 is 28.3 Å². The summed E-state index contributed by atoms with van der Waals surface area (Å²) in [6.07, 6.45) is -1.28. The summed E-state index contributed by atoms with van der Waals surface area (Å²) in [5, 5.41) is 36.2. The van der Waals surface area contributed by atoms with E-state index in [9.17, 15) is 44.5 Å². The molecule has 78 heavy (non-hydrogen) atoms. The van der Waals surface area contributed by atoms with Gasteiger partial charge in [-0.1, -0.05) is 77.9 Å². The van der Waals surface area contributed by atoms with Crippen molar-refractivity contribution >= 4 is 51.8 Å². The van der Waals surface area contributed by atoms with E-state index in [-0.39, 0.29) is 93.2 Å². The number of cyclic esters (lactones) is 2. The van der Waals surface area contributed by atoms with Crippen LogP contribution in [0.3, 0.4) is 0 Å². The zero-order chi connectivity index (χ0) is 57.6. The first kappa shape index (κ1) is 59.4. The maximum Gasteiger partial charge on any atom is 0.335 e. The minimum absolute atomic E-state index is 0.0318. The third-order valence-corrected chi connectivity index (χ3v) is 25.2. The van der Waals surface area contributed by atoms with E-state index in [1.54, 1.807) is 60.6 Å². The van der Waals surface area contributed by atoms with Gasteiger partial charge in [0.15, 0.2) is 16.6 Å². The number of nitrogens with zero attached hydrogens (tertiary/aromatic N) is 5. The molecule has 0 saturated carbocycles. The molecular formula is C56H73N5O15Si2. The van der Waals surface area contributed by atoms with Crippen molar-refractivity contribution in [3.63, 3.8) is 0 Å². The second kappa shape index (κ2) is 22.8. The number of ether oxygens (including phenoxy) is 2. The van der Waals surface area contributed by atoms with Gasteiger partial charge in [0.25, 0.3) is 17.3 Å². The van der Waals surface area contributed by atoms with Gasteiger partial charge in [0.1, 0.15) is 36.5 Å². The van der Waals surface area contributed by atoms with Crippen molar-refractivity contribution in [1.29, 1.82) is 0 Å². The molecule has 0 aromatic heterocycles. The number of carbonyl (C=O) groups is 4. The fraction of sp³-hybridized carbons (Fsp3) is 0.500. The normalized spacial score (nSPS) is 23.5. The summed E-state index contributed by atoms with van der Waals surface area (Å²) >= 11 is 0. The maximum atomic E-state index is 12.8. The number of amides is 1. The van der Waals surface area contributed by atoms with Crippen LogP contribution in [0.1, 0.15) is 87.2 Å². The Morgan fingerprint density at radius 3 is 1.38 bits per heavy atom. The number of fused-ring (bicyclic) bond motifs is 2. The highest BCUT2D eigenvalue weighted by atomic mass is 28.4. The van der Waals surface area contributed by atoms with Crippen LogP contribution in [-0.2, 0) is 50.7 Å². The molecule has 0 aliphatic carbocycles. The first-order valence-corrected chi connectivity index (χ1v) is 31.9. The summed E-state index contributed by atoms with van der Waals surface area (Å²) in [4.78, 5) is 85.8. The number of nitro benzene ring substituents is 2. The molecule has 4 aromatic rings. The van der Waals surface area contributed by atoms with Gasteiger partial charge in [-0.3, -0.25) is 44.3 Å². The van der Waals surface area contributed by atoms with Crippen LogP contribution in [0.5, 0.6) is 0 Å². The Morgan fingerprint density at radius 2 is 1.03 bits per heavy atom. The van der Waals surface area contributed by atoms with E-state index in [2.05, 4.69) is 67.7 Å². The van der Waals surface area contributed by atoms with Crippen molar-refractivity contribution in [2.45, 2.75) is 141 Å². The van der Waals surface area contributed by atoms with E-state index >= 15 is 0 Å². The lowest BCUT2D eigenvalue weighted by atomic mass is 9.93. The van der Waals surface area contributed by atoms with Crippen molar-refractivity contribution in [1.82, 2.24) is 15.0 Å². The summed E-state index contributed by atoms with van der Waals surface area (Å²) in [7, 11) is -0.873. The summed E-state index contributed by atoms with van der Waals surface area (Å²) in [6.45, 7) is 26.8. The molecule has 8 rings (SSSR count). The lowest BCUT2D eigenvalue weighted by molar-refractivity contribution is -0.384. The summed E-state index contributed by atoms with van der Waals surface area (Å²) in [5.74, 6) is -2.55. The number of esters is 2. The third kappa shape index (κ3) is 12.6. The molecule has 4 fully saturated rings. The predicted molar refractivity (Wildman–Crippen MR) is 295 cm³/mol. The monoisotopic (exact) mass is 1110 g/mol. The zero-order valence-corrected chi connectivity index (χ0v) is 48.9. The smallest absolute Gasteiger partial charge is 0.335 e. The van der Waals surface area contributed by atoms with E-state index in [1.165, 1.54) is 23.1 Å². The van der Waals surface area contributed by atoms with Crippen LogP contribution < -0.4 is 0 Å². The van der Waals surface area contributed by atoms with Crippen LogP contribution in [0.15, 0.2) is 84.9 Å².